The maximum atomic E-state index is 13.4. The topological polar surface area (TPSA) is 68.7 Å². The molecule has 0 bridgehead atoms. The fourth-order valence-electron chi connectivity index (χ4n) is 4.27. The van der Waals surface area contributed by atoms with Gasteiger partial charge in [-0.2, -0.15) is 13.2 Å². The van der Waals surface area contributed by atoms with Gasteiger partial charge in [0.1, 0.15) is 6.54 Å². The highest BCUT2D eigenvalue weighted by molar-refractivity contribution is 5.93. The van der Waals surface area contributed by atoms with Crippen LogP contribution >= 0.6 is 0 Å². The molecule has 178 valence electrons. The number of carbonyl (C=O) groups is 1. The Hall–Kier alpha value is -3.59. The van der Waals surface area contributed by atoms with Crippen LogP contribution in [0.3, 0.4) is 0 Å². The lowest BCUT2D eigenvalue weighted by Crippen LogP contribution is -2.30. The first-order chi connectivity index (χ1) is 16.1. The molecule has 0 radical (unpaired) electrons. The second-order valence-corrected chi connectivity index (χ2v) is 8.46. The van der Waals surface area contributed by atoms with E-state index in [4.69, 9.17) is 0 Å². The van der Waals surface area contributed by atoms with Crippen molar-refractivity contribution in [2.45, 2.75) is 25.7 Å². The van der Waals surface area contributed by atoms with E-state index in [2.05, 4.69) is 15.2 Å². The second-order valence-electron chi connectivity index (χ2n) is 8.46. The SMILES string of the molecule is Cc1ccc(N(CC(F)(F)F)c2ccc3c(c2)CN(C)[C@@H]3CNc2cnccc2C(=O)O)cc1. The average Bonchev–Trinajstić information content (AvgIpc) is 3.10. The molecule has 1 atom stereocenters. The van der Waals surface area contributed by atoms with E-state index in [0.717, 1.165) is 16.7 Å². The molecule has 2 aromatic carbocycles. The van der Waals surface area contributed by atoms with Crippen molar-refractivity contribution in [1.82, 2.24) is 9.88 Å². The summed E-state index contributed by atoms with van der Waals surface area (Å²) in [4.78, 5) is 18.8. The highest BCUT2D eigenvalue weighted by atomic mass is 19.4. The van der Waals surface area contributed by atoms with Crippen molar-refractivity contribution < 1.29 is 23.1 Å². The van der Waals surface area contributed by atoms with Crippen LogP contribution in [0.15, 0.2) is 60.9 Å². The third-order valence-electron chi connectivity index (χ3n) is 5.97. The van der Waals surface area contributed by atoms with Gasteiger partial charge in [0.05, 0.1) is 23.5 Å². The number of hydrogen-bond donors (Lipinski definition) is 2. The van der Waals surface area contributed by atoms with Crippen LogP contribution in [0.25, 0.3) is 0 Å². The Balaban J connectivity index is 1.59. The first-order valence-corrected chi connectivity index (χ1v) is 10.8. The maximum absolute atomic E-state index is 13.4. The van der Waals surface area contributed by atoms with Crippen molar-refractivity contribution in [1.29, 1.82) is 0 Å². The predicted molar refractivity (Wildman–Crippen MR) is 125 cm³/mol. The van der Waals surface area contributed by atoms with E-state index < -0.39 is 18.7 Å². The summed E-state index contributed by atoms with van der Waals surface area (Å²) in [6, 6.07) is 13.7. The number of nitrogens with one attached hydrogen (secondary N) is 1. The number of carboxylic acids is 1. The van der Waals surface area contributed by atoms with Crippen molar-refractivity contribution in [3.63, 3.8) is 0 Å². The number of anilines is 3. The van der Waals surface area contributed by atoms with E-state index >= 15 is 0 Å². The normalized spacial score (nSPS) is 15.7. The van der Waals surface area contributed by atoms with Crippen LogP contribution < -0.4 is 10.2 Å². The fourth-order valence-corrected chi connectivity index (χ4v) is 4.27. The Kier molecular flexibility index (Phi) is 6.47. The molecule has 1 aromatic heterocycles. The first-order valence-electron chi connectivity index (χ1n) is 10.8. The van der Waals surface area contributed by atoms with Gasteiger partial charge in [-0.05, 0) is 55.4 Å². The predicted octanol–water partition coefficient (Wildman–Crippen LogP) is 5.39. The third kappa shape index (κ3) is 5.14. The molecule has 0 spiro atoms. The van der Waals surface area contributed by atoms with Crippen LogP contribution in [-0.2, 0) is 6.54 Å². The number of pyridine rings is 1. The maximum Gasteiger partial charge on any atom is 0.406 e. The quantitative estimate of drug-likeness (QED) is 0.483. The number of alkyl halides is 3. The van der Waals surface area contributed by atoms with Gasteiger partial charge in [0.25, 0.3) is 0 Å². The molecule has 1 aliphatic heterocycles. The Bertz CT molecular complexity index is 1180. The monoisotopic (exact) mass is 470 g/mol. The molecule has 1 aliphatic rings. The van der Waals surface area contributed by atoms with Gasteiger partial charge >= 0.3 is 12.1 Å². The summed E-state index contributed by atoms with van der Waals surface area (Å²) in [5, 5.41) is 12.5. The Morgan fingerprint density at radius 2 is 1.88 bits per heavy atom. The summed E-state index contributed by atoms with van der Waals surface area (Å²) in [5.41, 5.74) is 4.41. The van der Waals surface area contributed by atoms with Crippen molar-refractivity contribution >= 4 is 23.0 Å². The lowest BCUT2D eigenvalue weighted by molar-refractivity contribution is -0.118. The van der Waals surface area contributed by atoms with Crippen molar-refractivity contribution in [2.24, 2.45) is 0 Å². The van der Waals surface area contributed by atoms with Gasteiger partial charge in [-0.1, -0.05) is 23.8 Å². The smallest absolute Gasteiger partial charge is 0.406 e. The minimum Gasteiger partial charge on any atom is -0.478 e. The first kappa shape index (κ1) is 23.6. The number of benzene rings is 2. The Morgan fingerprint density at radius 3 is 2.56 bits per heavy atom. The van der Waals surface area contributed by atoms with E-state index in [1.165, 1.54) is 23.4 Å². The second kappa shape index (κ2) is 9.34. The van der Waals surface area contributed by atoms with Crippen LogP contribution in [0, 0.1) is 6.92 Å². The van der Waals surface area contributed by atoms with Crippen LogP contribution in [0.5, 0.6) is 0 Å². The lowest BCUT2D eigenvalue weighted by Gasteiger charge is -2.27. The van der Waals surface area contributed by atoms with Crippen molar-refractivity contribution in [3.05, 3.63) is 83.2 Å². The standard InChI is InChI=1S/C25H25F3N4O2/c1-16-3-5-18(6-4-16)32(15-25(26,27)28)19-7-8-20-17(11-19)14-31(2)23(20)13-30-22-12-29-10-9-21(22)24(33)34/h3-12,23,30H,13-15H2,1-2H3,(H,33,34)/t23-/m1/s1. The molecular formula is C25H25F3N4O2. The van der Waals surface area contributed by atoms with Gasteiger partial charge in [-0.25, -0.2) is 4.79 Å². The Labute approximate surface area is 195 Å². The van der Waals surface area contributed by atoms with Gasteiger partial charge in [-0.15, -0.1) is 0 Å². The summed E-state index contributed by atoms with van der Waals surface area (Å²) in [5.74, 6) is -1.05. The minimum atomic E-state index is -4.36. The Morgan fingerprint density at radius 1 is 1.18 bits per heavy atom. The highest BCUT2D eigenvalue weighted by Gasteiger charge is 2.33. The van der Waals surface area contributed by atoms with E-state index in [1.807, 2.05) is 26.1 Å². The molecule has 34 heavy (non-hydrogen) atoms. The molecule has 6 nitrogen and oxygen atoms in total. The van der Waals surface area contributed by atoms with Crippen LogP contribution in [0.2, 0.25) is 0 Å². The number of aryl methyl sites for hydroxylation is 1. The van der Waals surface area contributed by atoms with E-state index in [1.54, 1.807) is 30.3 Å². The fraction of sp³-hybridized carbons (Fsp3) is 0.280. The highest BCUT2D eigenvalue weighted by Crippen LogP contribution is 2.38. The number of aromatic carboxylic acids is 1. The average molecular weight is 470 g/mol. The molecule has 3 aromatic rings. The van der Waals surface area contributed by atoms with Crippen molar-refractivity contribution in [2.75, 3.05) is 30.4 Å². The van der Waals surface area contributed by atoms with E-state index in [0.29, 0.717) is 30.2 Å². The lowest BCUT2D eigenvalue weighted by atomic mass is 10.0. The number of hydrogen-bond acceptors (Lipinski definition) is 5. The van der Waals surface area contributed by atoms with E-state index in [9.17, 15) is 23.1 Å². The number of carboxylic acid groups (broad SMARTS) is 1. The molecule has 9 heteroatoms. The zero-order chi connectivity index (χ0) is 24.5. The zero-order valence-electron chi connectivity index (χ0n) is 18.8. The van der Waals surface area contributed by atoms with Gasteiger partial charge in [-0.3, -0.25) is 9.88 Å². The van der Waals surface area contributed by atoms with Crippen LogP contribution in [0.4, 0.5) is 30.2 Å². The third-order valence-corrected chi connectivity index (χ3v) is 5.97. The number of rotatable bonds is 7. The number of nitrogens with zero attached hydrogens (tertiary/aromatic N) is 3. The number of fused-ring (bicyclic) bond motifs is 1. The van der Waals surface area contributed by atoms with Gasteiger partial charge in [0.2, 0.25) is 0 Å². The largest absolute Gasteiger partial charge is 0.478 e. The van der Waals surface area contributed by atoms with Gasteiger partial charge in [0.15, 0.2) is 0 Å². The molecular weight excluding hydrogens is 445 g/mol. The van der Waals surface area contributed by atoms with E-state index in [-0.39, 0.29) is 11.6 Å². The summed E-state index contributed by atoms with van der Waals surface area (Å²) in [7, 11) is 1.93. The minimum absolute atomic E-state index is 0.0682. The molecule has 0 unspecified atom stereocenters. The number of likely N-dealkylation sites (N-methyl/N-ethyl adjacent to an activating group) is 1. The molecule has 0 saturated carbocycles. The van der Waals surface area contributed by atoms with Crippen molar-refractivity contribution in [3.8, 4) is 0 Å². The van der Waals surface area contributed by atoms with Crippen LogP contribution in [-0.4, -0.2) is 47.3 Å². The van der Waals surface area contributed by atoms with Gasteiger partial charge in [0, 0.05) is 30.7 Å². The molecule has 2 N–H and O–H groups in total. The summed E-state index contributed by atoms with van der Waals surface area (Å²) >= 11 is 0. The molecule has 0 aliphatic carbocycles. The molecule has 2 heterocycles. The molecule has 0 saturated heterocycles. The molecule has 0 fully saturated rings. The summed E-state index contributed by atoms with van der Waals surface area (Å²) in [6.45, 7) is 1.80. The van der Waals surface area contributed by atoms with Gasteiger partial charge < -0.3 is 15.3 Å². The number of halogens is 3. The zero-order valence-corrected chi connectivity index (χ0v) is 18.8. The molecule has 0 amide bonds. The molecule has 4 rings (SSSR count). The number of aromatic nitrogens is 1. The summed E-state index contributed by atoms with van der Waals surface area (Å²) < 4.78 is 40.2. The van der Waals surface area contributed by atoms with Crippen LogP contribution in [0.1, 0.15) is 33.1 Å². The summed E-state index contributed by atoms with van der Waals surface area (Å²) in [6.07, 6.45) is -1.47.